The highest BCUT2D eigenvalue weighted by Gasteiger charge is 2.30. The summed E-state index contributed by atoms with van der Waals surface area (Å²) >= 11 is 0. The predicted octanol–water partition coefficient (Wildman–Crippen LogP) is 1.80. The Morgan fingerprint density at radius 1 is 1.55 bits per heavy atom. The number of nitrogens with zero attached hydrogens (tertiary/aromatic N) is 4. The zero-order valence-corrected chi connectivity index (χ0v) is 11.3. The Morgan fingerprint density at radius 3 is 2.80 bits per heavy atom. The lowest BCUT2D eigenvalue weighted by Gasteiger charge is -2.25. The molecule has 1 aliphatic rings. The number of carbonyl (C=O) groups excluding carboxylic acids is 1. The molecule has 0 N–H and O–H groups in total. The summed E-state index contributed by atoms with van der Waals surface area (Å²) in [5, 5.41) is 13.2. The topological polar surface area (TPSA) is 101 Å². The van der Waals surface area contributed by atoms with E-state index in [-0.39, 0.29) is 18.5 Å². The van der Waals surface area contributed by atoms with E-state index in [1.165, 1.54) is 22.2 Å². The monoisotopic (exact) mass is 282 g/mol. The average Bonchev–Trinajstić information content (AvgIpc) is 2.94. The SMILES string of the molecule is CC(C)OC1=NC(=O)N(N(C)c2ccc([N+](=O)[O-])o2)C1. The second kappa shape index (κ2) is 5.19. The van der Waals surface area contributed by atoms with Crippen molar-refractivity contribution in [2.24, 2.45) is 4.99 Å². The maximum absolute atomic E-state index is 11.8. The van der Waals surface area contributed by atoms with Gasteiger partial charge in [0.15, 0.2) is 0 Å². The Labute approximate surface area is 114 Å². The fourth-order valence-corrected chi connectivity index (χ4v) is 1.67. The van der Waals surface area contributed by atoms with Crippen LogP contribution in [0.1, 0.15) is 13.8 Å². The molecule has 1 aliphatic heterocycles. The molecule has 0 spiro atoms. The van der Waals surface area contributed by atoms with Gasteiger partial charge in [-0.3, -0.25) is 15.1 Å². The van der Waals surface area contributed by atoms with Crippen LogP contribution in [0.15, 0.2) is 21.5 Å². The first-order valence-electron chi connectivity index (χ1n) is 5.92. The fourth-order valence-electron chi connectivity index (χ4n) is 1.67. The Morgan fingerprint density at radius 2 is 2.25 bits per heavy atom. The van der Waals surface area contributed by atoms with E-state index in [2.05, 4.69) is 4.99 Å². The van der Waals surface area contributed by atoms with Crippen LogP contribution in [0, 0.1) is 10.1 Å². The van der Waals surface area contributed by atoms with Crippen molar-refractivity contribution in [1.82, 2.24) is 5.01 Å². The smallest absolute Gasteiger partial charge is 0.434 e. The third-order valence-corrected chi connectivity index (χ3v) is 2.54. The van der Waals surface area contributed by atoms with Crippen LogP contribution < -0.4 is 5.01 Å². The normalized spacial score (nSPS) is 14.7. The lowest BCUT2D eigenvalue weighted by atomic mass is 10.5. The van der Waals surface area contributed by atoms with Crippen LogP contribution in [0.2, 0.25) is 0 Å². The van der Waals surface area contributed by atoms with E-state index >= 15 is 0 Å². The van der Waals surface area contributed by atoms with E-state index in [0.29, 0.717) is 5.90 Å². The number of hydrogen-bond donors (Lipinski definition) is 0. The van der Waals surface area contributed by atoms with Gasteiger partial charge in [0, 0.05) is 13.1 Å². The van der Waals surface area contributed by atoms with Gasteiger partial charge in [-0.25, -0.2) is 9.80 Å². The molecule has 0 saturated carbocycles. The van der Waals surface area contributed by atoms with Gasteiger partial charge in [0.1, 0.15) is 11.5 Å². The number of carbonyl (C=O) groups is 1. The summed E-state index contributed by atoms with van der Waals surface area (Å²) in [4.78, 5) is 25.4. The van der Waals surface area contributed by atoms with Crippen molar-refractivity contribution in [3.05, 3.63) is 22.2 Å². The molecule has 0 aliphatic carbocycles. The van der Waals surface area contributed by atoms with Crippen molar-refractivity contribution < 1.29 is 18.9 Å². The molecular formula is C11H14N4O5. The first-order chi connectivity index (χ1) is 9.38. The molecule has 108 valence electrons. The molecule has 0 atom stereocenters. The van der Waals surface area contributed by atoms with Gasteiger partial charge in [0.25, 0.3) is 0 Å². The van der Waals surface area contributed by atoms with Crippen LogP contribution in [0.5, 0.6) is 0 Å². The first kappa shape index (κ1) is 13.8. The number of furan rings is 1. The number of ether oxygens (including phenoxy) is 1. The summed E-state index contributed by atoms with van der Waals surface area (Å²) in [5.74, 6) is 0.0852. The van der Waals surface area contributed by atoms with E-state index in [1.54, 1.807) is 7.05 Å². The van der Waals surface area contributed by atoms with Crippen molar-refractivity contribution in [3.8, 4) is 0 Å². The Bertz CT molecular complexity index is 565. The van der Waals surface area contributed by atoms with E-state index in [9.17, 15) is 14.9 Å². The number of amides is 2. The number of hydrogen-bond acceptors (Lipinski definition) is 6. The maximum Gasteiger partial charge on any atom is 0.434 e. The molecule has 20 heavy (non-hydrogen) atoms. The van der Waals surface area contributed by atoms with Crippen molar-refractivity contribution in [2.75, 3.05) is 18.6 Å². The average molecular weight is 282 g/mol. The summed E-state index contributed by atoms with van der Waals surface area (Å²) in [7, 11) is 1.55. The van der Waals surface area contributed by atoms with Crippen LogP contribution in [0.4, 0.5) is 16.6 Å². The zero-order valence-electron chi connectivity index (χ0n) is 11.3. The van der Waals surface area contributed by atoms with Crippen molar-refractivity contribution >= 4 is 23.7 Å². The van der Waals surface area contributed by atoms with Crippen LogP contribution in [-0.4, -0.2) is 41.6 Å². The van der Waals surface area contributed by atoms with Gasteiger partial charge in [0.05, 0.1) is 12.2 Å². The molecule has 0 fully saturated rings. The zero-order chi connectivity index (χ0) is 14.9. The quantitative estimate of drug-likeness (QED) is 0.616. The van der Waals surface area contributed by atoms with E-state index in [0.717, 1.165) is 0 Å². The minimum Gasteiger partial charge on any atom is -0.477 e. The van der Waals surface area contributed by atoms with Gasteiger partial charge < -0.3 is 9.15 Å². The molecule has 0 bridgehead atoms. The summed E-state index contributed by atoms with van der Waals surface area (Å²) in [6, 6.07) is 2.12. The molecule has 9 nitrogen and oxygen atoms in total. The van der Waals surface area contributed by atoms with Gasteiger partial charge in [-0.15, -0.1) is 0 Å². The summed E-state index contributed by atoms with van der Waals surface area (Å²) in [6.45, 7) is 3.81. The van der Waals surface area contributed by atoms with E-state index < -0.39 is 16.8 Å². The van der Waals surface area contributed by atoms with E-state index in [1.807, 2.05) is 13.8 Å². The third kappa shape index (κ3) is 2.71. The Hall–Kier alpha value is -2.58. The molecule has 0 saturated heterocycles. The molecular weight excluding hydrogens is 268 g/mol. The molecule has 0 unspecified atom stereocenters. The van der Waals surface area contributed by atoms with Crippen molar-refractivity contribution in [3.63, 3.8) is 0 Å². The second-order valence-electron chi connectivity index (χ2n) is 4.40. The standard InChI is InChI=1S/C11H14N4O5/c1-7(2)19-8-6-14(11(16)12-8)13(3)9-4-5-10(20-9)15(17)18/h4-5,7H,6H2,1-3H3. The van der Waals surface area contributed by atoms with E-state index in [4.69, 9.17) is 9.15 Å². The molecule has 9 heteroatoms. The number of anilines is 1. The molecule has 2 rings (SSSR count). The summed E-state index contributed by atoms with van der Waals surface area (Å²) in [5.41, 5.74) is 0. The van der Waals surface area contributed by atoms with Crippen LogP contribution in [0.3, 0.4) is 0 Å². The van der Waals surface area contributed by atoms with Crippen LogP contribution >= 0.6 is 0 Å². The van der Waals surface area contributed by atoms with Gasteiger partial charge >= 0.3 is 11.9 Å². The summed E-state index contributed by atoms with van der Waals surface area (Å²) in [6.07, 6.45) is -0.0866. The number of aliphatic imine (C=N–C) groups is 1. The number of nitro groups is 1. The Kier molecular flexibility index (Phi) is 3.59. The number of urea groups is 1. The highest BCUT2D eigenvalue weighted by molar-refractivity contribution is 5.99. The number of hydrazine groups is 1. The fraction of sp³-hybridized carbons (Fsp3) is 0.455. The van der Waals surface area contributed by atoms with Gasteiger partial charge in [-0.2, -0.15) is 4.99 Å². The van der Waals surface area contributed by atoms with Crippen LogP contribution in [-0.2, 0) is 4.74 Å². The van der Waals surface area contributed by atoms with Crippen molar-refractivity contribution in [1.29, 1.82) is 0 Å². The van der Waals surface area contributed by atoms with Gasteiger partial charge in [-0.1, -0.05) is 0 Å². The van der Waals surface area contributed by atoms with Crippen molar-refractivity contribution in [2.45, 2.75) is 20.0 Å². The molecule has 0 radical (unpaired) electrons. The highest BCUT2D eigenvalue weighted by Crippen LogP contribution is 2.25. The highest BCUT2D eigenvalue weighted by atomic mass is 16.6. The van der Waals surface area contributed by atoms with Crippen LogP contribution in [0.25, 0.3) is 0 Å². The molecule has 1 aromatic rings. The Balaban J connectivity index is 2.08. The predicted molar refractivity (Wildman–Crippen MR) is 69.5 cm³/mol. The minimum atomic E-state index is -0.646. The lowest BCUT2D eigenvalue weighted by molar-refractivity contribution is -0.401. The second-order valence-corrected chi connectivity index (χ2v) is 4.40. The largest absolute Gasteiger partial charge is 0.477 e. The number of rotatable bonds is 4. The maximum atomic E-state index is 11.8. The van der Waals surface area contributed by atoms with Gasteiger partial charge in [0.2, 0.25) is 11.8 Å². The molecule has 1 aromatic heterocycles. The molecule has 2 heterocycles. The molecule has 0 aromatic carbocycles. The molecule has 2 amide bonds. The lowest BCUT2D eigenvalue weighted by Crippen LogP contribution is -2.42. The summed E-state index contributed by atoms with van der Waals surface area (Å²) < 4.78 is 10.4. The minimum absolute atomic E-state index is 0.0866. The first-order valence-corrected chi connectivity index (χ1v) is 5.92. The van der Waals surface area contributed by atoms with Gasteiger partial charge in [-0.05, 0) is 13.8 Å². The third-order valence-electron chi connectivity index (χ3n) is 2.54.